The Labute approximate surface area is 163 Å². The average Bonchev–Trinajstić information content (AvgIpc) is 3.19. The van der Waals surface area contributed by atoms with Gasteiger partial charge in [-0.15, -0.1) is 12.4 Å². The van der Waals surface area contributed by atoms with Crippen LogP contribution in [0.15, 0.2) is 18.2 Å². The molecule has 0 saturated carbocycles. The summed E-state index contributed by atoms with van der Waals surface area (Å²) < 4.78 is 0. The van der Waals surface area contributed by atoms with Crippen molar-refractivity contribution in [2.24, 2.45) is 17.8 Å². The van der Waals surface area contributed by atoms with Gasteiger partial charge in [0.05, 0.1) is 5.92 Å². The van der Waals surface area contributed by atoms with E-state index in [4.69, 9.17) is 23.2 Å². The summed E-state index contributed by atoms with van der Waals surface area (Å²) in [7, 11) is 0. The number of hydrogen-bond acceptors (Lipinski definition) is 3. The standard InChI is InChI=1S/C17H19Cl2N3O2.ClH/c18-13-2-14(19)4-15(3-13)22-9-10(1-16(22)23)17(24)21-7-11-5-20-6-12(11)8-21;/h2-4,10-12,20H,1,5-9H2;1H/t10?,11-,12+;. The van der Waals surface area contributed by atoms with Gasteiger partial charge in [-0.1, -0.05) is 23.2 Å². The van der Waals surface area contributed by atoms with Crippen molar-refractivity contribution in [3.05, 3.63) is 28.2 Å². The van der Waals surface area contributed by atoms with Gasteiger partial charge in [-0.3, -0.25) is 9.59 Å². The monoisotopic (exact) mass is 403 g/mol. The number of amides is 2. The minimum atomic E-state index is -0.276. The van der Waals surface area contributed by atoms with E-state index in [1.54, 1.807) is 23.1 Å². The van der Waals surface area contributed by atoms with Gasteiger partial charge in [0, 0.05) is 54.9 Å². The molecule has 1 N–H and O–H groups in total. The van der Waals surface area contributed by atoms with Crippen LogP contribution in [0.1, 0.15) is 6.42 Å². The molecule has 1 aromatic rings. The molecule has 3 aliphatic rings. The fraction of sp³-hybridized carbons (Fsp3) is 0.529. The van der Waals surface area contributed by atoms with Gasteiger partial charge in [0.15, 0.2) is 0 Å². The maximum absolute atomic E-state index is 12.8. The molecule has 0 spiro atoms. The first-order chi connectivity index (χ1) is 11.5. The van der Waals surface area contributed by atoms with Crippen LogP contribution in [0.5, 0.6) is 0 Å². The molecule has 3 heterocycles. The van der Waals surface area contributed by atoms with Gasteiger partial charge in [0.1, 0.15) is 0 Å². The molecule has 3 atom stereocenters. The lowest BCUT2D eigenvalue weighted by Gasteiger charge is -2.22. The average molecular weight is 405 g/mol. The third-order valence-electron chi connectivity index (χ3n) is 5.33. The molecule has 1 unspecified atom stereocenters. The van der Waals surface area contributed by atoms with Crippen LogP contribution in [0.2, 0.25) is 10.0 Å². The summed E-state index contributed by atoms with van der Waals surface area (Å²) in [5, 5.41) is 4.35. The minimum absolute atomic E-state index is 0. The smallest absolute Gasteiger partial charge is 0.228 e. The van der Waals surface area contributed by atoms with Crippen molar-refractivity contribution in [2.75, 3.05) is 37.6 Å². The number of hydrogen-bond donors (Lipinski definition) is 1. The van der Waals surface area contributed by atoms with E-state index in [-0.39, 0.29) is 36.6 Å². The van der Waals surface area contributed by atoms with Crippen LogP contribution in [-0.4, -0.2) is 49.4 Å². The first kappa shape index (κ1) is 18.8. The highest BCUT2D eigenvalue weighted by molar-refractivity contribution is 6.35. The third kappa shape index (κ3) is 3.61. The van der Waals surface area contributed by atoms with E-state index in [1.807, 2.05) is 4.90 Å². The zero-order chi connectivity index (χ0) is 16.8. The zero-order valence-corrected chi connectivity index (χ0v) is 15.9. The first-order valence-corrected chi connectivity index (χ1v) is 9.03. The number of benzene rings is 1. The molecule has 3 fully saturated rings. The van der Waals surface area contributed by atoms with Gasteiger partial charge in [0.25, 0.3) is 0 Å². The van der Waals surface area contributed by atoms with Crippen LogP contribution in [0.25, 0.3) is 0 Å². The summed E-state index contributed by atoms with van der Waals surface area (Å²) >= 11 is 12.1. The number of halogens is 3. The summed E-state index contributed by atoms with van der Waals surface area (Å²) in [5.74, 6) is 0.908. The highest BCUT2D eigenvalue weighted by atomic mass is 35.5. The van der Waals surface area contributed by atoms with Crippen LogP contribution in [0, 0.1) is 17.8 Å². The molecule has 3 saturated heterocycles. The summed E-state index contributed by atoms with van der Waals surface area (Å²) in [4.78, 5) is 28.8. The largest absolute Gasteiger partial charge is 0.342 e. The molecule has 8 heteroatoms. The fourth-order valence-electron chi connectivity index (χ4n) is 4.11. The molecule has 25 heavy (non-hydrogen) atoms. The van der Waals surface area contributed by atoms with Crippen molar-refractivity contribution in [1.29, 1.82) is 0 Å². The van der Waals surface area contributed by atoms with Gasteiger partial charge in [-0.05, 0) is 30.0 Å². The Balaban J connectivity index is 0.00000182. The molecule has 0 radical (unpaired) electrons. The first-order valence-electron chi connectivity index (χ1n) is 8.27. The van der Waals surface area contributed by atoms with Crippen LogP contribution >= 0.6 is 35.6 Å². The number of likely N-dealkylation sites (tertiary alicyclic amines) is 1. The van der Waals surface area contributed by atoms with E-state index in [2.05, 4.69) is 5.32 Å². The maximum atomic E-state index is 12.8. The predicted octanol–water partition coefficient (Wildman–Crippen LogP) is 2.45. The fourth-order valence-corrected chi connectivity index (χ4v) is 4.63. The van der Waals surface area contributed by atoms with Gasteiger partial charge in [-0.2, -0.15) is 0 Å². The van der Waals surface area contributed by atoms with Gasteiger partial charge in [-0.25, -0.2) is 0 Å². The van der Waals surface area contributed by atoms with Crippen molar-refractivity contribution in [1.82, 2.24) is 10.2 Å². The van der Waals surface area contributed by atoms with E-state index in [0.717, 1.165) is 26.2 Å². The molecular weight excluding hydrogens is 385 g/mol. The molecular formula is C17H20Cl3N3O2. The van der Waals surface area contributed by atoms with E-state index >= 15 is 0 Å². The second-order valence-electron chi connectivity index (χ2n) is 6.95. The van der Waals surface area contributed by atoms with E-state index in [9.17, 15) is 9.59 Å². The van der Waals surface area contributed by atoms with E-state index in [1.165, 1.54) is 0 Å². The molecule has 136 valence electrons. The normalized spacial score (nSPS) is 28.2. The summed E-state index contributed by atoms with van der Waals surface area (Å²) in [6.07, 6.45) is 0.257. The van der Waals surface area contributed by atoms with Crippen LogP contribution in [0.4, 0.5) is 5.69 Å². The molecule has 4 rings (SSSR count). The third-order valence-corrected chi connectivity index (χ3v) is 5.77. The molecule has 3 aliphatic heterocycles. The van der Waals surface area contributed by atoms with Crippen LogP contribution in [0.3, 0.4) is 0 Å². The lowest BCUT2D eigenvalue weighted by atomic mass is 10.0. The van der Waals surface area contributed by atoms with Gasteiger partial charge >= 0.3 is 0 Å². The van der Waals surface area contributed by atoms with Crippen molar-refractivity contribution < 1.29 is 9.59 Å². The van der Waals surface area contributed by atoms with Crippen molar-refractivity contribution >= 4 is 53.1 Å². The highest BCUT2D eigenvalue weighted by Gasteiger charge is 2.43. The Kier molecular flexibility index (Phi) is 5.49. The Bertz CT molecular complexity index is 667. The summed E-state index contributed by atoms with van der Waals surface area (Å²) in [6, 6.07) is 5.06. The molecule has 1 aromatic carbocycles. The van der Waals surface area contributed by atoms with Crippen molar-refractivity contribution in [2.45, 2.75) is 6.42 Å². The highest BCUT2D eigenvalue weighted by Crippen LogP contribution is 2.33. The lowest BCUT2D eigenvalue weighted by Crippen LogP contribution is -2.37. The summed E-state index contributed by atoms with van der Waals surface area (Å²) in [5.41, 5.74) is 0.662. The Hall–Kier alpha value is -1.01. The Morgan fingerprint density at radius 2 is 1.64 bits per heavy atom. The lowest BCUT2D eigenvalue weighted by molar-refractivity contribution is -0.135. The number of nitrogens with zero attached hydrogens (tertiary/aromatic N) is 2. The van der Waals surface area contributed by atoms with Crippen LogP contribution in [-0.2, 0) is 9.59 Å². The van der Waals surface area contributed by atoms with Crippen molar-refractivity contribution in [3.8, 4) is 0 Å². The van der Waals surface area contributed by atoms with Crippen molar-refractivity contribution in [3.63, 3.8) is 0 Å². The van der Waals surface area contributed by atoms with E-state index in [0.29, 0.717) is 34.1 Å². The number of anilines is 1. The van der Waals surface area contributed by atoms with Gasteiger partial charge in [0.2, 0.25) is 11.8 Å². The SMILES string of the molecule is Cl.O=C(C1CC(=O)N(c2cc(Cl)cc(Cl)c2)C1)N1C[C@H]2CNC[C@H]2C1. The number of rotatable bonds is 2. The maximum Gasteiger partial charge on any atom is 0.228 e. The quantitative estimate of drug-likeness (QED) is 0.824. The number of carbonyl (C=O) groups excluding carboxylic acids is 2. The summed E-state index contributed by atoms with van der Waals surface area (Å²) in [6.45, 7) is 4.00. The minimum Gasteiger partial charge on any atom is -0.342 e. The zero-order valence-electron chi connectivity index (χ0n) is 13.6. The second-order valence-corrected chi connectivity index (χ2v) is 7.83. The Morgan fingerprint density at radius 1 is 1.04 bits per heavy atom. The van der Waals surface area contributed by atoms with Gasteiger partial charge < -0.3 is 15.1 Å². The molecule has 0 bridgehead atoms. The van der Waals surface area contributed by atoms with Crippen LogP contribution < -0.4 is 10.2 Å². The molecule has 5 nitrogen and oxygen atoms in total. The Morgan fingerprint density at radius 3 is 2.24 bits per heavy atom. The second kappa shape index (κ2) is 7.31. The van der Waals surface area contributed by atoms with E-state index < -0.39 is 0 Å². The molecule has 0 aromatic heterocycles. The topological polar surface area (TPSA) is 52.7 Å². The molecule has 2 amide bonds. The number of nitrogens with one attached hydrogen (secondary N) is 1. The predicted molar refractivity (Wildman–Crippen MR) is 101 cm³/mol. The number of fused-ring (bicyclic) bond motifs is 1. The number of carbonyl (C=O) groups is 2. The molecule has 0 aliphatic carbocycles.